The highest BCUT2D eigenvalue weighted by Crippen LogP contribution is 2.23. The Hall–Kier alpha value is -2.79. The van der Waals surface area contributed by atoms with Gasteiger partial charge in [-0.25, -0.2) is 4.68 Å². The number of aromatic nitrogens is 2. The fourth-order valence-corrected chi connectivity index (χ4v) is 2.34. The topological polar surface area (TPSA) is 56.2 Å². The number of nitrogens with zero attached hydrogens (tertiary/aromatic N) is 2. The van der Waals surface area contributed by atoms with E-state index in [0.29, 0.717) is 16.5 Å². The Labute approximate surface area is 144 Å². The van der Waals surface area contributed by atoms with Crippen LogP contribution >= 0.6 is 11.6 Å². The average molecular weight is 342 g/mol. The molecule has 0 bridgehead atoms. The van der Waals surface area contributed by atoms with Gasteiger partial charge in [0.2, 0.25) is 0 Å². The van der Waals surface area contributed by atoms with Crippen LogP contribution in [-0.4, -0.2) is 15.7 Å². The van der Waals surface area contributed by atoms with E-state index in [4.69, 9.17) is 16.3 Å². The predicted octanol–water partition coefficient (Wildman–Crippen LogP) is 4.13. The lowest BCUT2D eigenvalue weighted by Gasteiger charge is -2.08. The second-order valence-electron chi connectivity index (χ2n) is 5.21. The van der Waals surface area contributed by atoms with Crippen LogP contribution in [0.3, 0.4) is 0 Å². The minimum Gasteiger partial charge on any atom is -0.470 e. The Morgan fingerprint density at radius 1 is 1.17 bits per heavy atom. The van der Waals surface area contributed by atoms with Gasteiger partial charge in [-0.05, 0) is 36.8 Å². The van der Waals surface area contributed by atoms with Crippen molar-refractivity contribution in [2.75, 3.05) is 5.32 Å². The zero-order valence-electron chi connectivity index (χ0n) is 13.1. The fourth-order valence-electron chi connectivity index (χ4n) is 2.15. The molecular formula is C18H16ClN3O2. The standard InChI is InChI=1S/C18H16ClN3O2/c1-13-6-2-4-8-15(13)20-18(23)16-10-11-22(21-16)12-24-17-9-5-3-7-14(17)19/h2-11H,12H2,1H3,(H,20,23). The maximum atomic E-state index is 12.3. The highest BCUT2D eigenvalue weighted by Gasteiger charge is 2.11. The van der Waals surface area contributed by atoms with Gasteiger partial charge >= 0.3 is 0 Å². The van der Waals surface area contributed by atoms with E-state index < -0.39 is 0 Å². The molecule has 122 valence electrons. The summed E-state index contributed by atoms with van der Waals surface area (Å²) < 4.78 is 7.13. The second-order valence-corrected chi connectivity index (χ2v) is 5.62. The number of halogens is 1. The Bertz CT molecular complexity index is 861. The first-order valence-electron chi connectivity index (χ1n) is 7.41. The SMILES string of the molecule is Cc1ccccc1NC(=O)c1ccn(COc2ccccc2Cl)n1. The molecule has 0 atom stereocenters. The van der Waals surface area contributed by atoms with Gasteiger partial charge in [0.15, 0.2) is 12.4 Å². The summed E-state index contributed by atoms with van der Waals surface area (Å²) >= 11 is 6.03. The van der Waals surface area contributed by atoms with E-state index in [9.17, 15) is 4.79 Å². The van der Waals surface area contributed by atoms with E-state index in [-0.39, 0.29) is 12.6 Å². The van der Waals surface area contributed by atoms with E-state index in [1.807, 2.05) is 43.3 Å². The van der Waals surface area contributed by atoms with Crippen LogP contribution in [0.2, 0.25) is 5.02 Å². The number of hydrogen-bond acceptors (Lipinski definition) is 3. The molecule has 3 aromatic rings. The number of nitrogens with one attached hydrogen (secondary N) is 1. The molecule has 1 N–H and O–H groups in total. The van der Waals surface area contributed by atoms with Gasteiger partial charge in [-0.15, -0.1) is 0 Å². The summed E-state index contributed by atoms with van der Waals surface area (Å²) in [6, 6.07) is 16.4. The first-order valence-corrected chi connectivity index (χ1v) is 7.79. The van der Waals surface area contributed by atoms with Crippen LogP contribution in [0.25, 0.3) is 0 Å². The molecule has 0 saturated carbocycles. The molecule has 24 heavy (non-hydrogen) atoms. The minimum absolute atomic E-state index is 0.168. The van der Waals surface area contributed by atoms with Crippen LogP contribution in [0, 0.1) is 6.92 Å². The third-order valence-electron chi connectivity index (χ3n) is 3.46. The summed E-state index contributed by atoms with van der Waals surface area (Å²) in [5, 5.41) is 7.59. The molecule has 1 heterocycles. The van der Waals surface area contributed by atoms with Crippen LogP contribution < -0.4 is 10.1 Å². The molecule has 3 rings (SSSR count). The largest absolute Gasteiger partial charge is 0.470 e. The van der Waals surface area contributed by atoms with Crippen molar-refractivity contribution in [2.24, 2.45) is 0 Å². The average Bonchev–Trinajstić information content (AvgIpc) is 3.05. The molecule has 0 aliphatic heterocycles. The van der Waals surface area contributed by atoms with Crippen molar-refractivity contribution in [1.29, 1.82) is 0 Å². The van der Waals surface area contributed by atoms with Gasteiger partial charge in [-0.3, -0.25) is 4.79 Å². The van der Waals surface area contributed by atoms with Crippen LogP contribution in [-0.2, 0) is 6.73 Å². The monoisotopic (exact) mass is 341 g/mol. The minimum atomic E-state index is -0.263. The molecule has 2 aromatic carbocycles. The molecule has 0 radical (unpaired) electrons. The zero-order valence-corrected chi connectivity index (χ0v) is 13.8. The summed E-state index contributed by atoms with van der Waals surface area (Å²) in [7, 11) is 0. The summed E-state index contributed by atoms with van der Waals surface area (Å²) in [6.07, 6.45) is 1.68. The highest BCUT2D eigenvalue weighted by molar-refractivity contribution is 6.32. The lowest BCUT2D eigenvalue weighted by atomic mass is 10.2. The number of hydrogen-bond donors (Lipinski definition) is 1. The van der Waals surface area contributed by atoms with Gasteiger partial charge in [0, 0.05) is 11.9 Å². The van der Waals surface area contributed by atoms with Crippen LogP contribution in [0.4, 0.5) is 5.69 Å². The van der Waals surface area contributed by atoms with Gasteiger partial charge < -0.3 is 10.1 Å². The van der Waals surface area contributed by atoms with E-state index in [1.54, 1.807) is 24.4 Å². The molecule has 0 aliphatic carbocycles. The van der Waals surface area contributed by atoms with Crippen LogP contribution in [0.1, 0.15) is 16.1 Å². The van der Waals surface area contributed by atoms with E-state index in [0.717, 1.165) is 11.3 Å². The van der Waals surface area contributed by atoms with Crippen molar-refractivity contribution in [1.82, 2.24) is 9.78 Å². The number of anilines is 1. The first kappa shape index (κ1) is 16.1. The summed E-state index contributed by atoms with van der Waals surface area (Å²) in [6.45, 7) is 2.10. The van der Waals surface area contributed by atoms with E-state index >= 15 is 0 Å². The predicted molar refractivity (Wildman–Crippen MR) is 93.4 cm³/mol. The number of para-hydroxylation sites is 2. The Kier molecular flexibility index (Phi) is 4.82. The number of carbonyl (C=O) groups excluding carboxylic acids is 1. The maximum absolute atomic E-state index is 12.3. The van der Waals surface area contributed by atoms with Gasteiger partial charge in [-0.2, -0.15) is 5.10 Å². The van der Waals surface area contributed by atoms with Gasteiger partial charge in [0.1, 0.15) is 5.75 Å². The molecule has 0 saturated heterocycles. The van der Waals surface area contributed by atoms with Crippen molar-refractivity contribution in [3.63, 3.8) is 0 Å². The van der Waals surface area contributed by atoms with Crippen molar-refractivity contribution < 1.29 is 9.53 Å². The lowest BCUT2D eigenvalue weighted by Crippen LogP contribution is -2.14. The van der Waals surface area contributed by atoms with Crippen LogP contribution in [0.15, 0.2) is 60.8 Å². The zero-order chi connectivity index (χ0) is 16.9. The molecule has 0 fully saturated rings. The number of carbonyl (C=O) groups is 1. The molecule has 0 aliphatic rings. The summed E-state index contributed by atoms with van der Waals surface area (Å²) in [5.74, 6) is 0.307. The molecular weight excluding hydrogens is 326 g/mol. The number of benzene rings is 2. The molecule has 0 unspecified atom stereocenters. The summed E-state index contributed by atoms with van der Waals surface area (Å²) in [4.78, 5) is 12.3. The Morgan fingerprint density at radius 3 is 2.71 bits per heavy atom. The molecule has 0 spiro atoms. The van der Waals surface area contributed by atoms with Crippen molar-refractivity contribution in [3.05, 3.63) is 77.1 Å². The molecule has 5 nitrogen and oxygen atoms in total. The first-order chi connectivity index (χ1) is 11.6. The molecule has 1 aromatic heterocycles. The quantitative estimate of drug-likeness (QED) is 0.759. The number of aryl methyl sites for hydroxylation is 1. The van der Waals surface area contributed by atoms with Crippen LogP contribution in [0.5, 0.6) is 5.75 Å². The number of ether oxygens (including phenoxy) is 1. The Morgan fingerprint density at radius 2 is 1.92 bits per heavy atom. The molecule has 1 amide bonds. The Balaban J connectivity index is 1.64. The van der Waals surface area contributed by atoms with Gasteiger partial charge in [0.05, 0.1) is 5.02 Å². The van der Waals surface area contributed by atoms with Crippen molar-refractivity contribution in [2.45, 2.75) is 13.7 Å². The maximum Gasteiger partial charge on any atom is 0.276 e. The molecule has 6 heteroatoms. The van der Waals surface area contributed by atoms with Crippen molar-refractivity contribution in [3.8, 4) is 5.75 Å². The van der Waals surface area contributed by atoms with E-state index in [2.05, 4.69) is 10.4 Å². The number of amides is 1. The summed E-state index contributed by atoms with van der Waals surface area (Å²) in [5.41, 5.74) is 2.08. The third-order valence-corrected chi connectivity index (χ3v) is 3.77. The second kappa shape index (κ2) is 7.19. The van der Waals surface area contributed by atoms with Gasteiger partial charge in [-0.1, -0.05) is 41.9 Å². The normalized spacial score (nSPS) is 10.4. The fraction of sp³-hybridized carbons (Fsp3) is 0.111. The smallest absolute Gasteiger partial charge is 0.276 e. The highest BCUT2D eigenvalue weighted by atomic mass is 35.5. The van der Waals surface area contributed by atoms with E-state index in [1.165, 1.54) is 4.68 Å². The third kappa shape index (κ3) is 3.75. The number of rotatable bonds is 5. The van der Waals surface area contributed by atoms with Gasteiger partial charge in [0.25, 0.3) is 5.91 Å². The lowest BCUT2D eigenvalue weighted by molar-refractivity contribution is 0.102. The van der Waals surface area contributed by atoms with Crippen molar-refractivity contribution >= 4 is 23.2 Å².